The van der Waals surface area contributed by atoms with Crippen LogP contribution in [0.15, 0.2) is 45.9 Å². The fourth-order valence-electron chi connectivity index (χ4n) is 1.85. The van der Waals surface area contributed by atoms with Gasteiger partial charge in [0, 0.05) is 6.54 Å². The lowest BCUT2D eigenvalue weighted by molar-refractivity contribution is 0.375. The summed E-state index contributed by atoms with van der Waals surface area (Å²) in [5, 5.41) is 9.00. The highest BCUT2D eigenvalue weighted by molar-refractivity contribution is 7.89. The van der Waals surface area contributed by atoms with Gasteiger partial charge >= 0.3 is 0 Å². The van der Waals surface area contributed by atoms with Gasteiger partial charge in [-0.25, -0.2) is 8.42 Å². The second-order valence-electron chi connectivity index (χ2n) is 4.27. The number of furan rings is 1. The van der Waals surface area contributed by atoms with Crippen LogP contribution in [-0.2, 0) is 16.6 Å². The molecule has 0 saturated carbocycles. The molecule has 0 unspecified atom stereocenters. The zero-order valence-corrected chi connectivity index (χ0v) is 12.9. The zero-order chi connectivity index (χ0) is 15.5. The van der Waals surface area contributed by atoms with E-state index in [1.165, 1.54) is 28.8 Å². The Kier molecular flexibility index (Phi) is 4.68. The van der Waals surface area contributed by atoms with E-state index in [1.54, 1.807) is 19.1 Å². The standard InChI is InChI=1S/C14H13ClN2O3S/c1-2-17(10-12-4-3-7-20-12)21(18,19)14-8-11(9-16)5-6-13(14)15/h3-8H,2,10H2,1H3. The van der Waals surface area contributed by atoms with Crippen molar-refractivity contribution in [3.63, 3.8) is 0 Å². The minimum absolute atomic E-state index is 0.0726. The molecule has 1 aromatic carbocycles. The number of hydrogen-bond acceptors (Lipinski definition) is 4. The molecule has 21 heavy (non-hydrogen) atoms. The fraction of sp³-hybridized carbons (Fsp3) is 0.214. The summed E-state index contributed by atoms with van der Waals surface area (Å²) in [6.07, 6.45) is 1.49. The molecule has 110 valence electrons. The van der Waals surface area contributed by atoms with Crippen LogP contribution in [0.25, 0.3) is 0 Å². The zero-order valence-electron chi connectivity index (χ0n) is 11.3. The van der Waals surface area contributed by atoms with Crippen LogP contribution < -0.4 is 0 Å². The van der Waals surface area contributed by atoms with Crippen molar-refractivity contribution in [3.05, 3.63) is 52.9 Å². The predicted molar refractivity (Wildman–Crippen MR) is 78.1 cm³/mol. The summed E-state index contributed by atoms with van der Waals surface area (Å²) in [5.74, 6) is 0.535. The smallest absolute Gasteiger partial charge is 0.245 e. The van der Waals surface area contributed by atoms with Crippen molar-refractivity contribution >= 4 is 21.6 Å². The van der Waals surface area contributed by atoms with E-state index in [-0.39, 0.29) is 28.6 Å². The third-order valence-corrected chi connectivity index (χ3v) is 5.35. The van der Waals surface area contributed by atoms with E-state index in [0.717, 1.165) is 0 Å². The second kappa shape index (κ2) is 6.31. The van der Waals surface area contributed by atoms with E-state index in [4.69, 9.17) is 21.3 Å². The largest absolute Gasteiger partial charge is 0.468 e. The molecule has 1 heterocycles. The predicted octanol–water partition coefficient (Wildman–Crippen LogP) is 3.02. The van der Waals surface area contributed by atoms with Crippen molar-refractivity contribution in [2.45, 2.75) is 18.4 Å². The van der Waals surface area contributed by atoms with Crippen molar-refractivity contribution in [1.82, 2.24) is 4.31 Å². The maximum Gasteiger partial charge on any atom is 0.245 e. The van der Waals surface area contributed by atoms with Gasteiger partial charge in [-0.15, -0.1) is 0 Å². The van der Waals surface area contributed by atoms with Crippen LogP contribution in [0, 0.1) is 11.3 Å². The first-order valence-corrected chi connectivity index (χ1v) is 8.03. The number of halogens is 1. The van der Waals surface area contributed by atoms with Crippen LogP contribution in [0.2, 0.25) is 5.02 Å². The molecule has 0 spiro atoms. The quantitative estimate of drug-likeness (QED) is 0.847. The summed E-state index contributed by atoms with van der Waals surface area (Å²) in [6, 6.07) is 9.47. The Morgan fingerprint density at radius 3 is 2.71 bits per heavy atom. The van der Waals surface area contributed by atoms with Crippen molar-refractivity contribution in [1.29, 1.82) is 5.26 Å². The fourth-order valence-corrected chi connectivity index (χ4v) is 3.77. The van der Waals surface area contributed by atoms with Gasteiger partial charge in [0.25, 0.3) is 0 Å². The summed E-state index contributed by atoms with van der Waals surface area (Å²) in [7, 11) is -3.80. The van der Waals surface area contributed by atoms with Crippen LogP contribution >= 0.6 is 11.6 Å². The number of sulfonamides is 1. The number of hydrogen-bond donors (Lipinski definition) is 0. The topological polar surface area (TPSA) is 74.3 Å². The van der Waals surface area contributed by atoms with Gasteiger partial charge in [0.05, 0.1) is 29.5 Å². The van der Waals surface area contributed by atoms with E-state index >= 15 is 0 Å². The lowest BCUT2D eigenvalue weighted by Gasteiger charge is -2.20. The average Bonchev–Trinajstić information content (AvgIpc) is 2.98. The van der Waals surface area contributed by atoms with E-state index in [9.17, 15) is 8.42 Å². The van der Waals surface area contributed by atoms with E-state index < -0.39 is 10.0 Å². The van der Waals surface area contributed by atoms with Gasteiger partial charge in [-0.3, -0.25) is 0 Å². The van der Waals surface area contributed by atoms with Gasteiger partial charge in [-0.1, -0.05) is 18.5 Å². The summed E-state index contributed by atoms with van der Waals surface area (Å²) in [6.45, 7) is 2.09. The lowest BCUT2D eigenvalue weighted by atomic mass is 10.2. The van der Waals surface area contributed by atoms with E-state index in [1.807, 2.05) is 6.07 Å². The van der Waals surface area contributed by atoms with Gasteiger partial charge in [-0.2, -0.15) is 9.57 Å². The van der Waals surface area contributed by atoms with Crippen LogP contribution in [0.3, 0.4) is 0 Å². The Morgan fingerprint density at radius 1 is 1.38 bits per heavy atom. The van der Waals surface area contributed by atoms with Gasteiger partial charge in [0.1, 0.15) is 10.7 Å². The van der Waals surface area contributed by atoms with Crippen LogP contribution in [0.5, 0.6) is 0 Å². The molecule has 0 aliphatic rings. The molecule has 0 amide bonds. The third kappa shape index (κ3) is 3.27. The average molecular weight is 325 g/mol. The van der Waals surface area contributed by atoms with E-state index in [2.05, 4.69) is 0 Å². The summed E-state index contributed by atoms with van der Waals surface area (Å²) < 4.78 is 31.8. The number of nitriles is 1. The first kappa shape index (κ1) is 15.6. The first-order chi connectivity index (χ1) is 9.98. The third-order valence-electron chi connectivity index (χ3n) is 2.94. The van der Waals surface area contributed by atoms with Crippen LogP contribution in [0.4, 0.5) is 0 Å². The summed E-state index contributed by atoms with van der Waals surface area (Å²) in [4.78, 5) is -0.0726. The molecule has 2 aromatic rings. The molecule has 0 aliphatic heterocycles. The first-order valence-electron chi connectivity index (χ1n) is 6.21. The molecule has 0 fully saturated rings. The normalized spacial score (nSPS) is 11.5. The van der Waals surface area contributed by atoms with Crippen molar-refractivity contribution in [2.24, 2.45) is 0 Å². The van der Waals surface area contributed by atoms with Gasteiger partial charge in [0.15, 0.2) is 0 Å². The number of benzene rings is 1. The highest BCUT2D eigenvalue weighted by Gasteiger charge is 2.26. The molecule has 0 bridgehead atoms. The molecule has 5 nitrogen and oxygen atoms in total. The Bertz CT molecular complexity index is 764. The Labute approximate surface area is 128 Å². The highest BCUT2D eigenvalue weighted by Crippen LogP contribution is 2.26. The molecule has 0 radical (unpaired) electrons. The lowest BCUT2D eigenvalue weighted by Crippen LogP contribution is -2.30. The Hall–Kier alpha value is -1.81. The molecule has 0 N–H and O–H groups in total. The molecule has 0 saturated heterocycles. The second-order valence-corrected chi connectivity index (χ2v) is 6.58. The maximum atomic E-state index is 12.7. The minimum Gasteiger partial charge on any atom is -0.468 e. The van der Waals surface area contributed by atoms with Crippen molar-refractivity contribution in [3.8, 4) is 6.07 Å². The molecule has 1 aromatic heterocycles. The maximum absolute atomic E-state index is 12.7. The highest BCUT2D eigenvalue weighted by atomic mass is 35.5. The SMILES string of the molecule is CCN(Cc1ccco1)S(=O)(=O)c1cc(C#N)ccc1Cl. The van der Waals surface area contributed by atoms with Crippen LogP contribution in [-0.4, -0.2) is 19.3 Å². The molecule has 7 heteroatoms. The van der Waals surface area contributed by atoms with Gasteiger partial charge in [-0.05, 0) is 30.3 Å². The Morgan fingerprint density at radius 2 is 2.14 bits per heavy atom. The summed E-state index contributed by atoms with van der Waals surface area (Å²) in [5.41, 5.74) is 0.243. The van der Waals surface area contributed by atoms with Crippen molar-refractivity contribution in [2.75, 3.05) is 6.54 Å². The molecule has 2 rings (SSSR count). The molecule has 0 aliphatic carbocycles. The van der Waals surface area contributed by atoms with Gasteiger partial charge < -0.3 is 4.42 Å². The summed E-state index contributed by atoms with van der Waals surface area (Å²) >= 11 is 5.98. The Balaban J connectivity index is 2.42. The monoisotopic (exact) mass is 324 g/mol. The molecule has 0 atom stereocenters. The number of rotatable bonds is 5. The number of nitrogens with zero attached hydrogens (tertiary/aromatic N) is 2. The van der Waals surface area contributed by atoms with Gasteiger partial charge in [0.2, 0.25) is 10.0 Å². The van der Waals surface area contributed by atoms with Crippen LogP contribution in [0.1, 0.15) is 18.2 Å². The minimum atomic E-state index is -3.80. The van der Waals surface area contributed by atoms with Crippen molar-refractivity contribution < 1.29 is 12.8 Å². The van der Waals surface area contributed by atoms with E-state index in [0.29, 0.717) is 5.76 Å². The molecular formula is C14H13ClN2O3S. The molecular weight excluding hydrogens is 312 g/mol.